The summed E-state index contributed by atoms with van der Waals surface area (Å²) in [5, 5.41) is 13.5. The van der Waals surface area contributed by atoms with Crippen LogP contribution in [0, 0.1) is 0 Å². The molecule has 0 spiro atoms. The fourth-order valence-corrected chi connectivity index (χ4v) is 6.95. The Morgan fingerprint density at radius 2 is 1.67 bits per heavy atom. The third kappa shape index (κ3) is 11.4. The largest absolute Gasteiger partial charge is 0.457 e. The lowest BCUT2D eigenvalue weighted by Crippen LogP contribution is -2.55. The van der Waals surface area contributed by atoms with Crippen molar-refractivity contribution < 1.29 is 28.9 Å². The average molecular weight is 730 g/mol. The summed E-state index contributed by atoms with van der Waals surface area (Å²) in [6.45, 7) is 17.0. The minimum absolute atomic E-state index is 0.000778. The zero-order valence-electron chi connectivity index (χ0n) is 31.6. The molecule has 0 aliphatic carbocycles. The third-order valence-electron chi connectivity index (χ3n) is 8.92. The maximum Gasteiger partial charge on any atom is 0.408 e. The van der Waals surface area contributed by atoms with Gasteiger partial charge in [-0.15, -0.1) is 0 Å². The Labute approximate surface area is 308 Å². The standard InChI is InChI=1S/C40H55N5O6Si/c1-40(2,3)51-39(48)42-34(38(47)44-21-19-43(20-22-44)27-31-10-8-7-9-11-31)26-30-12-14-33(15-13-30)50-35-16-18-41-37-36(35)32(17-23-46)28-45(37)29-49-24-25-52(4,5)6/h7-16,18,28,34,46H,17,19-27,29H2,1-6H3,(H,42,48)/t34-/m0/s1. The highest BCUT2D eigenvalue weighted by Crippen LogP contribution is 2.33. The number of alkyl carbamates (subject to hydrolysis) is 1. The summed E-state index contributed by atoms with van der Waals surface area (Å²) in [5.41, 5.74) is 3.08. The van der Waals surface area contributed by atoms with Crippen LogP contribution >= 0.6 is 0 Å². The molecule has 280 valence electrons. The van der Waals surface area contributed by atoms with Gasteiger partial charge >= 0.3 is 6.09 Å². The van der Waals surface area contributed by atoms with E-state index in [1.165, 1.54) is 5.56 Å². The van der Waals surface area contributed by atoms with Crippen molar-refractivity contribution in [1.29, 1.82) is 0 Å². The van der Waals surface area contributed by atoms with E-state index in [2.05, 4.69) is 47.0 Å². The van der Waals surface area contributed by atoms with Gasteiger partial charge in [-0.25, -0.2) is 9.78 Å². The number of hydrogen-bond donors (Lipinski definition) is 2. The molecule has 2 aromatic carbocycles. The van der Waals surface area contributed by atoms with Crippen molar-refractivity contribution in [2.45, 2.75) is 84.2 Å². The molecule has 3 heterocycles. The van der Waals surface area contributed by atoms with E-state index in [0.29, 0.717) is 50.8 Å². The van der Waals surface area contributed by atoms with Crippen LogP contribution in [-0.4, -0.2) is 95.6 Å². The Kier molecular flexibility index (Phi) is 13.1. The SMILES string of the molecule is CC(C)(C)OC(=O)N[C@@H](Cc1ccc(Oc2ccnc3c2c(CCO)cn3COCC[Si](C)(C)C)cc1)C(=O)N1CCN(Cc2ccccc2)CC1. The molecule has 4 aromatic rings. The van der Waals surface area contributed by atoms with Crippen LogP contribution in [0.1, 0.15) is 37.5 Å². The molecule has 12 heteroatoms. The highest BCUT2D eigenvalue weighted by molar-refractivity contribution is 6.76. The Hall–Kier alpha value is -4.23. The first kappa shape index (κ1) is 39.0. The number of hydrogen-bond acceptors (Lipinski definition) is 8. The fraction of sp³-hybridized carbons (Fsp3) is 0.475. The summed E-state index contributed by atoms with van der Waals surface area (Å²) < 4.78 is 19.9. The number of aliphatic hydroxyl groups excluding tert-OH is 1. The Morgan fingerprint density at radius 3 is 2.33 bits per heavy atom. The van der Waals surface area contributed by atoms with Crippen LogP contribution in [-0.2, 0) is 40.4 Å². The second-order valence-electron chi connectivity index (χ2n) is 15.7. The highest BCUT2D eigenvalue weighted by Gasteiger charge is 2.30. The van der Waals surface area contributed by atoms with Crippen LogP contribution in [0.5, 0.6) is 11.5 Å². The quantitative estimate of drug-likeness (QED) is 0.106. The first-order valence-corrected chi connectivity index (χ1v) is 22.0. The third-order valence-corrected chi connectivity index (χ3v) is 10.6. The molecule has 2 aromatic heterocycles. The van der Waals surface area contributed by atoms with E-state index < -0.39 is 25.8 Å². The lowest BCUT2D eigenvalue weighted by molar-refractivity contribution is -0.135. The molecule has 0 bridgehead atoms. The molecule has 0 unspecified atom stereocenters. The van der Waals surface area contributed by atoms with Crippen LogP contribution < -0.4 is 10.1 Å². The summed E-state index contributed by atoms with van der Waals surface area (Å²) in [5.74, 6) is 1.12. The predicted molar refractivity (Wildman–Crippen MR) is 206 cm³/mol. The van der Waals surface area contributed by atoms with Gasteiger partial charge in [0.05, 0.1) is 5.39 Å². The second-order valence-corrected chi connectivity index (χ2v) is 21.3. The topological polar surface area (TPSA) is 118 Å². The van der Waals surface area contributed by atoms with Crippen molar-refractivity contribution >= 4 is 31.1 Å². The molecule has 5 rings (SSSR count). The number of ether oxygens (including phenoxy) is 3. The van der Waals surface area contributed by atoms with Crippen molar-refractivity contribution in [3.63, 3.8) is 0 Å². The summed E-state index contributed by atoms with van der Waals surface area (Å²) in [4.78, 5) is 35.6. The number of aliphatic hydroxyl groups is 1. The number of nitrogens with one attached hydrogen (secondary N) is 1. The summed E-state index contributed by atoms with van der Waals surface area (Å²) in [6.07, 6.45) is 3.83. The van der Waals surface area contributed by atoms with Gasteiger partial charge in [-0.05, 0) is 68.1 Å². The highest BCUT2D eigenvalue weighted by atomic mass is 28.3. The Morgan fingerprint density at radius 1 is 0.962 bits per heavy atom. The van der Waals surface area contributed by atoms with Gasteiger partial charge in [0, 0.05) is 72.8 Å². The van der Waals surface area contributed by atoms with Gasteiger partial charge in [-0.3, -0.25) is 9.69 Å². The molecule has 1 aliphatic rings. The Bertz CT molecular complexity index is 1760. The molecule has 1 fully saturated rings. The van der Waals surface area contributed by atoms with E-state index >= 15 is 0 Å². The number of carbonyl (C=O) groups excluding carboxylic acids is 2. The first-order chi connectivity index (χ1) is 24.8. The van der Waals surface area contributed by atoms with Crippen LogP contribution in [0.25, 0.3) is 11.0 Å². The molecular formula is C40H55N5O6Si. The van der Waals surface area contributed by atoms with Crippen LogP contribution in [0.15, 0.2) is 73.1 Å². The van der Waals surface area contributed by atoms with E-state index in [-0.39, 0.29) is 12.5 Å². The summed E-state index contributed by atoms with van der Waals surface area (Å²) in [7, 11) is -1.21. The van der Waals surface area contributed by atoms with Crippen LogP contribution in [0.2, 0.25) is 25.7 Å². The van der Waals surface area contributed by atoms with Gasteiger partial charge in [0.25, 0.3) is 0 Å². The monoisotopic (exact) mass is 729 g/mol. The zero-order chi connectivity index (χ0) is 37.3. The van der Waals surface area contributed by atoms with E-state index in [1.807, 2.05) is 64.2 Å². The van der Waals surface area contributed by atoms with Gasteiger partial charge in [0.2, 0.25) is 5.91 Å². The normalized spacial score (nSPS) is 14.7. The lowest BCUT2D eigenvalue weighted by atomic mass is 10.0. The predicted octanol–water partition coefficient (Wildman–Crippen LogP) is 6.46. The number of rotatable bonds is 15. The van der Waals surface area contributed by atoms with Crippen molar-refractivity contribution in [1.82, 2.24) is 24.7 Å². The number of pyridine rings is 1. The molecule has 2 N–H and O–H groups in total. The summed E-state index contributed by atoms with van der Waals surface area (Å²) in [6, 6.07) is 20.0. The van der Waals surface area contributed by atoms with Crippen molar-refractivity contribution in [2.75, 3.05) is 39.4 Å². The molecule has 1 atom stereocenters. The van der Waals surface area contributed by atoms with Gasteiger partial charge < -0.3 is 34.1 Å². The smallest absolute Gasteiger partial charge is 0.408 e. The second kappa shape index (κ2) is 17.5. The minimum atomic E-state index is -1.21. The molecule has 0 radical (unpaired) electrons. The van der Waals surface area contributed by atoms with Gasteiger partial charge in [0.1, 0.15) is 35.5 Å². The number of nitrogens with zero attached hydrogens (tertiary/aromatic N) is 4. The van der Waals surface area contributed by atoms with Crippen LogP contribution in [0.4, 0.5) is 4.79 Å². The first-order valence-electron chi connectivity index (χ1n) is 18.2. The van der Waals surface area contributed by atoms with E-state index in [1.54, 1.807) is 27.0 Å². The van der Waals surface area contributed by atoms with E-state index in [9.17, 15) is 14.7 Å². The number of fused-ring (bicyclic) bond motifs is 1. The maximum absolute atomic E-state index is 13.9. The van der Waals surface area contributed by atoms with Gasteiger partial charge in [0.15, 0.2) is 0 Å². The number of amides is 2. The number of piperazine rings is 1. The Balaban J connectivity index is 1.27. The minimum Gasteiger partial charge on any atom is -0.457 e. The average Bonchev–Trinajstić information content (AvgIpc) is 3.44. The van der Waals surface area contributed by atoms with E-state index in [4.69, 9.17) is 14.2 Å². The van der Waals surface area contributed by atoms with Crippen molar-refractivity contribution in [3.8, 4) is 11.5 Å². The fourth-order valence-electron chi connectivity index (χ4n) is 6.20. The number of carbonyl (C=O) groups is 2. The molecule has 11 nitrogen and oxygen atoms in total. The lowest BCUT2D eigenvalue weighted by Gasteiger charge is -2.36. The van der Waals surface area contributed by atoms with Gasteiger partial charge in [-0.1, -0.05) is 62.1 Å². The molecule has 1 aliphatic heterocycles. The van der Waals surface area contributed by atoms with E-state index in [0.717, 1.165) is 47.8 Å². The van der Waals surface area contributed by atoms with Crippen molar-refractivity contribution in [3.05, 3.63) is 89.7 Å². The molecule has 1 saturated heterocycles. The van der Waals surface area contributed by atoms with Crippen LogP contribution in [0.3, 0.4) is 0 Å². The van der Waals surface area contributed by atoms with Gasteiger partial charge in [-0.2, -0.15) is 0 Å². The van der Waals surface area contributed by atoms with Crippen molar-refractivity contribution in [2.24, 2.45) is 0 Å². The molecule has 52 heavy (non-hydrogen) atoms. The summed E-state index contributed by atoms with van der Waals surface area (Å²) >= 11 is 0. The zero-order valence-corrected chi connectivity index (χ0v) is 32.6. The number of benzene rings is 2. The molecule has 2 amide bonds. The molecule has 0 saturated carbocycles. The maximum atomic E-state index is 13.9. The molecular weight excluding hydrogens is 675 g/mol. The number of aromatic nitrogens is 2.